The quantitative estimate of drug-likeness (QED) is 0.390. The van der Waals surface area contributed by atoms with Crippen LogP contribution in [0, 0.1) is 11.7 Å². The van der Waals surface area contributed by atoms with Crippen LogP contribution in [0.3, 0.4) is 0 Å². The van der Waals surface area contributed by atoms with Gasteiger partial charge in [0.1, 0.15) is 30.2 Å². The lowest BCUT2D eigenvalue weighted by molar-refractivity contribution is -0.141. The molecule has 9 nitrogen and oxygen atoms in total. The number of aliphatic carboxylic acids is 1. The molecular weight excluding hydrogens is 568 g/mol. The Morgan fingerprint density at radius 1 is 1.14 bits per heavy atom. The summed E-state index contributed by atoms with van der Waals surface area (Å²) in [7, 11) is 0. The fourth-order valence-corrected chi connectivity index (χ4v) is 8.01. The van der Waals surface area contributed by atoms with Crippen molar-refractivity contribution in [2.45, 2.75) is 70.1 Å². The zero-order chi connectivity index (χ0) is 30.6. The number of aromatic hydroxyl groups is 1. The molecule has 0 amide bonds. The van der Waals surface area contributed by atoms with Crippen LogP contribution < -0.4 is 14.5 Å². The zero-order valence-electron chi connectivity index (χ0n) is 25.1. The van der Waals surface area contributed by atoms with E-state index < -0.39 is 18.1 Å². The highest BCUT2D eigenvalue weighted by Gasteiger charge is 2.49. The van der Waals surface area contributed by atoms with E-state index in [1.165, 1.54) is 6.07 Å². The molecule has 0 aliphatic carbocycles. The van der Waals surface area contributed by atoms with E-state index in [0.717, 1.165) is 53.5 Å². The Morgan fingerprint density at radius 3 is 2.82 bits per heavy atom. The lowest BCUT2D eigenvalue weighted by atomic mass is 9.95. The first-order chi connectivity index (χ1) is 21.2. The summed E-state index contributed by atoms with van der Waals surface area (Å²) in [6, 6.07) is 6.70. The topological polar surface area (TPSA) is 102 Å². The fraction of sp³-hybridized carbons (Fsp3) is 0.545. The highest BCUT2D eigenvalue weighted by atomic mass is 19.1. The molecule has 44 heavy (non-hydrogen) atoms. The van der Waals surface area contributed by atoms with Crippen LogP contribution in [0.2, 0.25) is 0 Å². The van der Waals surface area contributed by atoms with Crippen molar-refractivity contribution < 1.29 is 28.5 Å². The van der Waals surface area contributed by atoms with Crippen LogP contribution in [-0.2, 0) is 24.2 Å². The number of alkyl halides is 1. The zero-order valence-corrected chi connectivity index (χ0v) is 25.1. The molecule has 7 rings (SSSR count). The van der Waals surface area contributed by atoms with Gasteiger partial charge in [0.2, 0.25) is 0 Å². The molecule has 2 N–H and O–H groups in total. The molecule has 3 saturated heterocycles. The molecule has 1 aromatic heterocycles. The summed E-state index contributed by atoms with van der Waals surface area (Å²) < 4.78 is 35.7. The van der Waals surface area contributed by atoms with E-state index in [0.29, 0.717) is 76.4 Å². The number of halogens is 2. The number of carbonyl (C=O) groups is 1. The van der Waals surface area contributed by atoms with Gasteiger partial charge >= 0.3 is 12.0 Å². The maximum absolute atomic E-state index is 14.9. The molecule has 0 bridgehead atoms. The SMILES string of the molecule is CCc1c(F)ccc2cc(O)cc(N3CCc4c(nc(OC[C@@]56CCCN5C[C@H](F)C6)nc4N4CCCC(C(=O)O)C4)C3)c12. The van der Waals surface area contributed by atoms with Crippen LogP contribution in [0.15, 0.2) is 24.3 Å². The Morgan fingerprint density at radius 2 is 2.00 bits per heavy atom. The first-order valence-corrected chi connectivity index (χ1v) is 15.8. The van der Waals surface area contributed by atoms with E-state index in [4.69, 9.17) is 14.7 Å². The molecule has 2 aromatic carbocycles. The van der Waals surface area contributed by atoms with Gasteiger partial charge in [-0.05, 0) is 68.2 Å². The average Bonchev–Trinajstić information content (AvgIpc) is 3.54. The third-order valence-corrected chi connectivity index (χ3v) is 10.2. The summed E-state index contributed by atoms with van der Waals surface area (Å²) in [4.78, 5) is 28.0. The molecule has 4 aliphatic heterocycles. The fourth-order valence-electron chi connectivity index (χ4n) is 8.01. The molecule has 5 heterocycles. The van der Waals surface area contributed by atoms with Crippen LogP contribution in [-0.4, -0.2) is 82.1 Å². The number of carboxylic acid groups (broad SMARTS) is 1. The molecule has 4 aliphatic rings. The van der Waals surface area contributed by atoms with E-state index in [-0.39, 0.29) is 23.1 Å². The number of piperidine rings is 1. The molecule has 3 fully saturated rings. The molecule has 1 unspecified atom stereocenters. The highest BCUT2D eigenvalue weighted by Crippen LogP contribution is 2.42. The van der Waals surface area contributed by atoms with E-state index >= 15 is 0 Å². The molecule has 0 spiro atoms. The number of fused-ring (bicyclic) bond motifs is 3. The van der Waals surface area contributed by atoms with Gasteiger partial charge < -0.3 is 24.7 Å². The van der Waals surface area contributed by atoms with Gasteiger partial charge in [0.15, 0.2) is 0 Å². The van der Waals surface area contributed by atoms with Gasteiger partial charge in [0.25, 0.3) is 0 Å². The van der Waals surface area contributed by atoms with E-state index in [2.05, 4.69) is 9.80 Å². The van der Waals surface area contributed by atoms with Crippen molar-refractivity contribution in [3.05, 3.63) is 46.9 Å². The van der Waals surface area contributed by atoms with Crippen LogP contribution in [0.5, 0.6) is 11.8 Å². The Bertz CT molecular complexity index is 1600. The number of phenols is 1. The van der Waals surface area contributed by atoms with Crippen LogP contribution in [0.25, 0.3) is 10.8 Å². The molecular formula is C33H39F2N5O4. The second-order valence-corrected chi connectivity index (χ2v) is 12.9. The van der Waals surface area contributed by atoms with Crippen molar-refractivity contribution in [1.29, 1.82) is 0 Å². The minimum Gasteiger partial charge on any atom is -0.508 e. The van der Waals surface area contributed by atoms with E-state index in [1.54, 1.807) is 18.2 Å². The summed E-state index contributed by atoms with van der Waals surface area (Å²) in [5, 5.41) is 21.9. The third-order valence-electron chi connectivity index (χ3n) is 10.2. The molecule has 0 radical (unpaired) electrons. The van der Waals surface area contributed by atoms with Crippen molar-refractivity contribution in [2.75, 3.05) is 49.1 Å². The van der Waals surface area contributed by atoms with Crippen molar-refractivity contribution in [3.8, 4) is 11.8 Å². The van der Waals surface area contributed by atoms with Gasteiger partial charge in [-0.3, -0.25) is 9.69 Å². The second kappa shape index (κ2) is 11.3. The number of aryl methyl sites for hydroxylation is 1. The minimum atomic E-state index is -0.872. The van der Waals surface area contributed by atoms with Crippen LogP contribution in [0.1, 0.15) is 55.8 Å². The van der Waals surface area contributed by atoms with Crippen molar-refractivity contribution in [3.63, 3.8) is 0 Å². The number of benzene rings is 2. The molecule has 11 heteroatoms. The van der Waals surface area contributed by atoms with Gasteiger partial charge in [0.05, 0.1) is 23.7 Å². The Hall–Kier alpha value is -3.73. The number of ether oxygens (including phenoxy) is 1. The number of nitrogens with zero attached hydrogens (tertiary/aromatic N) is 5. The number of carboxylic acids is 1. The number of hydrogen-bond donors (Lipinski definition) is 2. The predicted molar refractivity (Wildman–Crippen MR) is 163 cm³/mol. The van der Waals surface area contributed by atoms with Crippen LogP contribution >= 0.6 is 0 Å². The van der Waals surface area contributed by atoms with Crippen LogP contribution in [0.4, 0.5) is 20.3 Å². The standard InChI is InChI=1S/C33H39F2N5O4/c1-2-24-26(35)7-6-20-13-23(41)14-28(29(20)24)38-12-8-25-27(18-38)36-32(37-30(25)39-10-3-5-21(16-39)31(42)43)44-19-33-9-4-11-40(33)17-22(34)15-33/h6-7,13-14,21-22,41H,2-5,8-12,15-19H2,1H3,(H,42,43)/t21?,22-,33+/m1/s1. The third kappa shape index (κ3) is 5.08. The van der Waals surface area contributed by atoms with Gasteiger partial charge in [-0.1, -0.05) is 13.0 Å². The highest BCUT2D eigenvalue weighted by molar-refractivity contribution is 5.98. The summed E-state index contributed by atoms with van der Waals surface area (Å²) in [5.41, 5.74) is 2.71. The summed E-state index contributed by atoms with van der Waals surface area (Å²) in [5.74, 6) is -0.753. The molecule has 3 aromatic rings. The number of rotatable bonds is 7. The van der Waals surface area contributed by atoms with E-state index in [1.807, 2.05) is 11.8 Å². The van der Waals surface area contributed by atoms with Crippen molar-refractivity contribution in [1.82, 2.24) is 14.9 Å². The van der Waals surface area contributed by atoms with Gasteiger partial charge in [-0.25, -0.2) is 8.78 Å². The Kier molecular flexibility index (Phi) is 7.46. The normalized spacial score (nSPS) is 25.3. The maximum Gasteiger partial charge on any atom is 0.318 e. The number of phenolic OH excluding ortho intramolecular Hbond substituents is 1. The molecule has 234 valence electrons. The summed E-state index contributed by atoms with van der Waals surface area (Å²) >= 11 is 0. The lowest BCUT2D eigenvalue weighted by Gasteiger charge is -2.37. The molecule has 0 saturated carbocycles. The number of hydrogen-bond acceptors (Lipinski definition) is 8. The summed E-state index contributed by atoms with van der Waals surface area (Å²) in [6.07, 6.45) is 3.91. The van der Waals surface area contributed by atoms with Gasteiger partial charge in [0, 0.05) is 55.3 Å². The van der Waals surface area contributed by atoms with Crippen molar-refractivity contribution in [2.24, 2.45) is 5.92 Å². The predicted octanol–water partition coefficient (Wildman–Crippen LogP) is 4.86. The van der Waals surface area contributed by atoms with Gasteiger partial charge in [-0.2, -0.15) is 9.97 Å². The van der Waals surface area contributed by atoms with Crippen molar-refractivity contribution >= 4 is 28.2 Å². The first-order valence-electron chi connectivity index (χ1n) is 15.8. The smallest absolute Gasteiger partial charge is 0.318 e. The Balaban J connectivity index is 1.26. The maximum atomic E-state index is 14.9. The Labute approximate surface area is 255 Å². The number of aromatic nitrogens is 2. The number of anilines is 2. The largest absolute Gasteiger partial charge is 0.508 e. The lowest BCUT2D eigenvalue weighted by Crippen LogP contribution is -2.44. The van der Waals surface area contributed by atoms with Gasteiger partial charge in [-0.15, -0.1) is 0 Å². The first kappa shape index (κ1) is 29.0. The monoisotopic (exact) mass is 607 g/mol. The average molecular weight is 608 g/mol. The summed E-state index contributed by atoms with van der Waals surface area (Å²) in [6.45, 7) is 5.53. The minimum absolute atomic E-state index is 0.107. The molecule has 3 atom stereocenters. The van der Waals surface area contributed by atoms with E-state index in [9.17, 15) is 23.8 Å². The second-order valence-electron chi connectivity index (χ2n) is 12.9.